The number of nitrogens with zero attached hydrogens (tertiary/aromatic N) is 5. The lowest BCUT2D eigenvalue weighted by Crippen LogP contribution is -2.50. The lowest BCUT2D eigenvalue weighted by Gasteiger charge is -2.34. The maximum atomic E-state index is 14.0. The molecule has 38 heavy (non-hydrogen) atoms. The molecule has 10 nitrogen and oxygen atoms in total. The number of carbonyl (C=O) groups excluding carboxylic acids is 2. The van der Waals surface area contributed by atoms with E-state index in [1.54, 1.807) is 43.5 Å². The number of benzene rings is 2. The van der Waals surface area contributed by atoms with Crippen LogP contribution in [0.25, 0.3) is 11.6 Å². The summed E-state index contributed by atoms with van der Waals surface area (Å²) in [5.74, 6) is 1.37. The van der Waals surface area contributed by atoms with Crippen molar-refractivity contribution in [2.75, 3.05) is 12.0 Å². The Bertz CT molecular complexity index is 1420. The Morgan fingerprint density at radius 2 is 1.76 bits per heavy atom. The van der Waals surface area contributed by atoms with Gasteiger partial charge in [-0.1, -0.05) is 30.3 Å². The summed E-state index contributed by atoms with van der Waals surface area (Å²) in [5.41, 5.74) is 1.54. The third-order valence-corrected chi connectivity index (χ3v) is 5.77. The van der Waals surface area contributed by atoms with Gasteiger partial charge in [0.1, 0.15) is 24.1 Å². The minimum Gasteiger partial charge on any atom is -0.497 e. The third-order valence-electron chi connectivity index (χ3n) is 5.77. The summed E-state index contributed by atoms with van der Waals surface area (Å²) in [7, 11) is 1.57. The van der Waals surface area contributed by atoms with E-state index >= 15 is 0 Å². The van der Waals surface area contributed by atoms with Crippen LogP contribution in [0.15, 0.2) is 65.1 Å². The average molecular weight is 517 g/mol. The zero-order valence-corrected chi connectivity index (χ0v) is 22.4. The van der Waals surface area contributed by atoms with Crippen molar-refractivity contribution >= 4 is 17.5 Å². The highest BCUT2D eigenvalue weighted by molar-refractivity contribution is 6.01. The molecule has 0 aliphatic rings. The van der Waals surface area contributed by atoms with E-state index in [1.807, 2.05) is 58.9 Å². The molecular weight excluding hydrogens is 484 g/mol. The molecule has 0 saturated heterocycles. The highest BCUT2D eigenvalue weighted by atomic mass is 16.5. The molecule has 2 heterocycles. The van der Waals surface area contributed by atoms with E-state index in [0.717, 1.165) is 5.56 Å². The average Bonchev–Trinajstić information content (AvgIpc) is 3.51. The number of ether oxygens (including phenoxy) is 1. The zero-order chi connectivity index (χ0) is 27.4. The van der Waals surface area contributed by atoms with E-state index in [2.05, 4.69) is 20.7 Å². The molecule has 0 aliphatic carbocycles. The van der Waals surface area contributed by atoms with Crippen molar-refractivity contribution in [2.24, 2.45) is 0 Å². The highest BCUT2D eigenvalue weighted by Gasteiger charge is 2.35. The Hall–Kier alpha value is -4.47. The molecule has 0 bridgehead atoms. The molecule has 198 valence electrons. The monoisotopic (exact) mass is 516 g/mol. The molecule has 1 atom stereocenters. The number of amides is 2. The van der Waals surface area contributed by atoms with E-state index in [-0.39, 0.29) is 24.2 Å². The van der Waals surface area contributed by atoms with Gasteiger partial charge in [0.15, 0.2) is 5.76 Å². The van der Waals surface area contributed by atoms with E-state index in [1.165, 1.54) is 9.70 Å². The van der Waals surface area contributed by atoms with Crippen molar-refractivity contribution in [3.05, 3.63) is 77.6 Å². The summed E-state index contributed by atoms with van der Waals surface area (Å²) in [4.78, 5) is 30.5. The minimum atomic E-state index is -0.968. The molecule has 0 unspecified atom stereocenters. The zero-order valence-electron chi connectivity index (χ0n) is 22.4. The number of carbonyl (C=O) groups is 2. The van der Waals surface area contributed by atoms with E-state index in [0.29, 0.717) is 28.5 Å². The number of nitrogens with one attached hydrogen (secondary N) is 1. The first kappa shape index (κ1) is 26.6. The molecule has 0 saturated carbocycles. The van der Waals surface area contributed by atoms with Gasteiger partial charge in [-0.25, -0.2) is 0 Å². The highest BCUT2D eigenvalue weighted by Crippen LogP contribution is 2.32. The Labute approximate surface area is 221 Å². The fourth-order valence-electron chi connectivity index (χ4n) is 4.05. The van der Waals surface area contributed by atoms with Crippen LogP contribution in [0.3, 0.4) is 0 Å². The molecule has 2 aromatic carbocycles. The SMILES string of the molecule is COc1ccc([C@H](C(=O)NC(C)(C)C)N(C(=O)Cn2nnc(-c3ccc(C)o3)n2)c2ccccc2C)cc1. The van der Waals surface area contributed by atoms with Crippen molar-refractivity contribution in [3.63, 3.8) is 0 Å². The fourth-order valence-corrected chi connectivity index (χ4v) is 4.05. The number of aryl methyl sites for hydroxylation is 2. The maximum absolute atomic E-state index is 14.0. The first-order valence-electron chi connectivity index (χ1n) is 12.2. The molecule has 10 heteroatoms. The number of para-hydroxylation sites is 1. The second-order valence-corrected chi connectivity index (χ2v) is 10.0. The van der Waals surface area contributed by atoms with Crippen molar-refractivity contribution < 1.29 is 18.7 Å². The summed E-state index contributed by atoms with van der Waals surface area (Å²) < 4.78 is 10.9. The second kappa shape index (κ2) is 10.9. The van der Waals surface area contributed by atoms with Gasteiger partial charge in [-0.15, -0.1) is 10.2 Å². The molecule has 0 aliphatic heterocycles. The van der Waals surface area contributed by atoms with Crippen LogP contribution < -0.4 is 15.0 Å². The topological polar surface area (TPSA) is 115 Å². The van der Waals surface area contributed by atoms with E-state index < -0.39 is 11.6 Å². The Morgan fingerprint density at radius 3 is 2.37 bits per heavy atom. The standard InChI is InChI=1S/C28H32N6O4/c1-18-9-7-8-10-22(18)34(24(35)17-33-31-26(30-32-33)23-16-11-19(2)38-23)25(27(36)29-28(3,4)5)20-12-14-21(37-6)15-13-20/h7-16,25H,17H2,1-6H3,(H,29,36)/t25-/m1/s1. The number of furan rings is 1. The summed E-state index contributed by atoms with van der Waals surface area (Å²) in [6.45, 7) is 9.16. The normalized spacial score (nSPS) is 12.2. The van der Waals surface area contributed by atoms with Gasteiger partial charge >= 0.3 is 0 Å². The predicted molar refractivity (Wildman–Crippen MR) is 143 cm³/mol. The number of rotatable bonds is 8. The van der Waals surface area contributed by atoms with Crippen molar-refractivity contribution in [2.45, 2.75) is 52.7 Å². The summed E-state index contributed by atoms with van der Waals surface area (Å²) in [5, 5.41) is 15.4. The molecular formula is C28H32N6O4. The predicted octanol–water partition coefficient (Wildman–Crippen LogP) is 4.25. The number of tetrazole rings is 1. The van der Waals surface area contributed by atoms with Gasteiger partial charge in [-0.05, 0) is 81.3 Å². The van der Waals surface area contributed by atoms with Gasteiger partial charge in [-0.3, -0.25) is 14.5 Å². The van der Waals surface area contributed by atoms with Crippen molar-refractivity contribution in [1.29, 1.82) is 0 Å². The second-order valence-electron chi connectivity index (χ2n) is 10.0. The molecule has 0 spiro atoms. The van der Waals surface area contributed by atoms with E-state index in [9.17, 15) is 9.59 Å². The van der Waals surface area contributed by atoms with Gasteiger partial charge in [0.25, 0.3) is 5.91 Å². The lowest BCUT2D eigenvalue weighted by molar-refractivity contribution is -0.128. The van der Waals surface area contributed by atoms with Crippen LogP contribution in [0.4, 0.5) is 5.69 Å². The van der Waals surface area contributed by atoms with E-state index in [4.69, 9.17) is 9.15 Å². The Balaban J connectivity index is 1.76. The fraction of sp³-hybridized carbons (Fsp3) is 0.321. The summed E-state index contributed by atoms with van der Waals surface area (Å²) in [6.07, 6.45) is 0. The van der Waals surface area contributed by atoms with Crippen LogP contribution in [0.5, 0.6) is 5.75 Å². The summed E-state index contributed by atoms with van der Waals surface area (Å²) >= 11 is 0. The van der Waals surface area contributed by atoms with Crippen LogP contribution in [-0.4, -0.2) is 44.7 Å². The molecule has 0 radical (unpaired) electrons. The van der Waals surface area contributed by atoms with Crippen LogP contribution in [0.2, 0.25) is 0 Å². The van der Waals surface area contributed by atoms with Gasteiger partial charge in [0.2, 0.25) is 11.7 Å². The number of methoxy groups -OCH3 is 1. The molecule has 0 fully saturated rings. The van der Waals surface area contributed by atoms with Gasteiger partial charge in [0, 0.05) is 11.2 Å². The summed E-state index contributed by atoms with van der Waals surface area (Å²) in [6, 6.07) is 17.1. The quantitative estimate of drug-likeness (QED) is 0.372. The van der Waals surface area contributed by atoms with Crippen LogP contribution in [0.1, 0.15) is 43.7 Å². The molecule has 4 aromatic rings. The number of hydrogen-bond donors (Lipinski definition) is 1. The first-order chi connectivity index (χ1) is 18.1. The van der Waals surface area contributed by atoms with Gasteiger partial charge in [-0.2, -0.15) is 4.80 Å². The minimum absolute atomic E-state index is 0.240. The molecule has 2 aromatic heterocycles. The largest absolute Gasteiger partial charge is 0.497 e. The number of aromatic nitrogens is 4. The molecule has 2 amide bonds. The number of hydrogen-bond acceptors (Lipinski definition) is 7. The van der Waals surface area contributed by atoms with Crippen LogP contribution in [0, 0.1) is 13.8 Å². The molecule has 4 rings (SSSR count). The van der Waals surface area contributed by atoms with Crippen LogP contribution >= 0.6 is 0 Å². The van der Waals surface area contributed by atoms with Crippen molar-refractivity contribution in [1.82, 2.24) is 25.5 Å². The first-order valence-corrected chi connectivity index (χ1v) is 12.2. The third kappa shape index (κ3) is 6.08. The maximum Gasteiger partial charge on any atom is 0.251 e. The smallest absolute Gasteiger partial charge is 0.251 e. The number of anilines is 1. The van der Waals surface area contributed by atoms with Gasteiger partial charge < -0.3 is 14.5 Å². The van der Waals surface area contributed by atoms with Gasteiger partial charge in [0.05, 0.1) is 7.11 Å². The molecule has 1 N–H and O–H groups in total. The van der Waals surface area contributed by atoms with Crippen LogP contribution in [-0.2, 0) is 16.1 Å². The Morgan fingerprint density at radius 1 is 1.05 bits per heavy atom. The van der Waals surface area contributed by atoms with Crippen molar-refractivity contribution in [3.8, 4) is 17.3 Å². The lowest BCUT2D eigenvalue weighted by atomic mass is 9.99. The Kier molecular flexibility index (Phi) is 7.61.